The second kappa shape index (κ2) is 7.11. The van der Waals surface area contributed by atoms with E-state index in [1.807, 2.05) is 13.1 Å². The van der Waals surface area contributed by atoms with Gasteiger partial charge in [-0.15, -0.1) is 11.8 Å². The second-order valence-corrected chi connectivity index (χ2v) is 6.54. The van der Waals surface area contributed by atoms with Crippen LogP contribution in [0, 0.1) is 5.41 Å². The molecule has 1 saturated carbocycles. The van der Waals surface area contributed by atoms with Crippen LogP contribution in [0.25, 0.3) is 0 Å². The molecule has 0 radical (unpaired) electrons. The lowest BCUT2D eigenvalue weighted by Crippen LogP contribution is -2.13. The molecule has 0 aromatic carbocycles. The standard InChI is InChI=1S/C15H23N3O2S/c1-4-5-11-17-12(16-2)8-13(18-11)21-10-15(6-7-15)9-14(19)20-3/h8H,4-7,9-10H2,1-3H3,(H,16,17,18). The number of hydrogen-bond donors (Lipinski definition) is 1. The Hall–Kier alpha value is -1.30. The lowest BCUT2D eigenvalue weighted by atomic mass is 10.1. The van der Waals surface area contributed by atoms with Crippen molar-refractivity contribution in [3.05, 3.63) is 11.9 Å². The van der Waals surface area contributed by atoms with Crippen molar-refractivity contribution in [3.63, 3.8) is 0 Å². The number of methoxy groups -OCH3 is 1. The molecule has 1 N–H and O–H groups in total. The molecule has 5 nitrogen and oxygen atoms in total. The molecule has 2 rings (SSSR count). The molecule has 0 aliphatic heterocycles. The van der Waals surface area contributed by atoms with Gasteiger partial charge in [0.25, 0.3) is 0 Å². The van der Waals surface area contributed by atoms with Gasteiger partial charge in [0.1, 0.15) is 16.7 Å². The summed E-state index contributed by atoms with van der Waals surface area (Å²) in [6.45, 7) is 2.12. The number of anilines is 1. The van der Waals surface area contributed by atoms with Gasteiger partial charge in [-0.1, -0.05) is 6.92 Å². The average molecular weight is 309 g/mol. The highest BCUT2D eigenvalue weighted by molar-refractivity contribution is 7.99. The largest absolute Gasteiger partial charge is 0.469 e. The molecule has 116 valence electrons. The molecule has 0 saturated heterocycles. The third-order valence-corrected chi connectivity index (χ3v) is 4.97. The highest BCUT2D eigenvalue weighted by Crippen LogP contribution is 2.52. The van der Waals surface area contributed by atoms with E-state index in [4.69, 9.17) is 4.74 Å². The fourth-order valence-electron chi connectivity index (χ4n) is 2.16. The maximum Gasteiger partial charge on any atom is 0.306 e. The summed E-state index contributed by atoms with van der Waals surface area (Å²) in [4.78, 5) is 20.5. The minimum absolute atomic E-state index is 0.113. The van der Waals surface area contributed by atoms with Gasteiger partial charge < -0.3 is 10.1 Å². The third-order valence-electron chi connectivity index (χ3n) is 3.71. The molecule has 21 heavy (non-hydrogen) atoms. The van der Waals surface area contributed by atoms with E-state index in [9.17, 15) is 4.79 Å². The maximum atomic E-state index is 11.5. The number of thioether (sulfide) groups is 1. The van der Waals surface area contributed by atoms with Crippen LogP contribution in [0.1, 0.15) is 38.4 Å². The van der Waals surface area contributed by atoms with E-state index < -0.39 is 0 Å². The van der Waals surface area contributed by atoms with E-state index in [0.717, 1.165) is 48.1 Å². The lowest BCUT2D eigenvalue weighted by molar-refractivity contribution is -0.141. The Kier molecular flexibility index (Phi) is 5.45. The molecule has 0 spiro atoms. The molecular weight excluding hydrogens is 286 g/mol. The van der Waals surface area contributed by atoms with E-state index >= 15 is 0 Å². The number of esters is 1. The van der Waals surface area contributed by atoms with Crippen LogP contribution in [-0.4, -0.2) is 35.8 Å². The molecule has 1 aromatic heterocycles. The summed E-state index contributed by atoms with van der Waals surface area (Å²) < 4.78 is 4.78. The second-order valence-electron chi connectivity index (χ2n) is 5.55. The van der Waals surface area contributed by atoms with Crippen LogP contribution < -0.4 is 5.32 Å². The summed E-state index contributed by atoms with van der Waals surface area (Å²) in [5.74, 6) is 2.53. The highest BCUT2D eigenvalue weighted by atomic mass is 32.2. The van der Waals surface area contributed by atoms with Crippen LogP contribution >= 0.6 is 11.8 Å². The van der Waals surface area contributed by atoms with Crippen LogP contribution in [-0.2, 0) is 16.0 Å². The van der Waals surface area contributed by atoms with Gasteiger partial charge in [0.2, 0.25) is 0 Å². The van der Waals surface area contributed by atoms with Crippen molar-refractivity contribution in [2.75, 3.05) is 25.2 Å². The Morgan fingerprint density at radius 3 is 2.81 bits per heavy atom. The minimum Gasteiger partial charge on any atom is -0.469 e. The van der Waals surface area contributed by atoms with Gasteiger partial charge in [-0.05, 0) is 24.7 Å². The molecule has 1 heterocycles. The number of nitrogens with one attached hydrogen (secondary N) is 1. The van der Waals surface area contributed by atoms with Crippen LogP contribution in [0.4, 0.5) is 5.82 Å². The van der Waals surface area contributed by atoms with Gasteiger partial charge >= 0.3 is 5.97 Å². The zero-order valence-corrected chi connectivity index (χ0v) is 13.8. The molecule has 1 fully saturated rings. The Morgan fingerprint density at radius 2 is 2.24 bits per heavy atom. The van der Waals surface area contributed by atoms with E-state index in [1.165, 1.54) is 7.11 Å². The molecule has 0 amide bonds. The van der Waals surface area contributed by atoms with Crippen molar-refractivity contribution in [1.82, 2.24) is 9.97 Å². The number of carbonyl (C=O) groups excluding carboxylic acids is 1. The van der Waals surface area contributed by atoms with Gasteiger partial charge in [0, 0.05) is 25.3 Å². The fourth-order valence-corrected chi connectivity index (χ4v) is 3.37. The van der Waals surface area contributed by atoms with Gasteiger partial charge in [0.15, 0.2) is 0 Å². The zero-order chi connectivity index (χ0) is 15.3. The molecule has 1 aliphatic carbocycles. The van der Waals surface area contributed by atoms with E-state index in [-0.39, 0.29) is 11.4 Å². The monoisotopic (exact) mass is 309 g/mol. The summed E-state index contributed by atoms with van der Waals surface area (Å²) in [6.07, 6.45) is 4.63. The average Bonchev–Trinajstić information content (AvgIpc) is 3.25. The summed E-state index contributed by atoms with van der Waals surface area (Å²) >= 11 is 1.71. The summed E-state index contributed by atoms with van der Waals surface area (Å²) in [5, 5.41) is 4.06. The van der Waals surface area contributed by atoms with Crippen molar-refractivity contribution >= 4 is 23.5 Å². The quantitative estimate of drug-likeness (QED) is 0.452. The number of carbonyl (C=O) groups is 1. The van der Waals surface area contributed by atoms with Crippen LogP contribution in [0.5, 0.6) is 0 Å². The molecule has 6 heteroatoms. The normalized spacial score (nSPS) is 15.6. The minimum atomic E-state index is -0.113. The number of aromatic nitrogens is 2. The Labute approximate surface area is 130 Å². The summed E-state index contributed by atoms with van der Waals surface area (Å²) in [7, 11) is 3.32. The molecular formula is C15H23N3O2S. The molecule has 0 atom stereocenters. The SMILES string of the molecule is CCCc1nc(NC)cc(SCC2(CC(=O)OC)CC2)n1. The van der Waals surface area contributed by atoms with E-state index in [0.29, 0.717) is 6.42 Å². The topological polar surface area (TPSA) is 64.1 Å². The highest BCUT2D eigenvalue weighted by Gasteiger charge is 2.44. The third kappa shape index (κ3) is 4.59. The zero-order valence-electron chi connectivity index (χ0n) is 12.9. The first kappa shape index (κ1) is 16.1. The van der Waals surface area contributed by atoms with Crippen molar-refractivity contribution in [1.29, 1.82) is 0 Å². The summed E-state index contributed by atoms with van der Waals surface area (Å²) in [6, 6.07) is 1.97. The van der Waals surface area contributed by atoms with Crippen molar-refractivity contribution in [3.8, 4) is 0 Å². The molecule has 0 unspecified atom stereocenters. The lowest BCUT2D eigenvalue weighted by Gasteiger charge is -2.13. The Bertz CT molecular complexity index is 504. The van der Waals surface area contributed by atoms with E-state index in [1.54, 1.807) is 11.8 Å². The first-order chi connectivity index (χ1) is 10.1. The van der Waals surface area contributed by atoms with Crippen molar-refractivity contribution < 1.29 is 9.53 Å². The number of hydrogen-bond acceptors (Lipinski definition) is 6. The van der Waals surface area contributed by atoms with Gasteiger partial charge in [0.05, 0.1) is 13.5 Å². The van der Waals surface area contributed by atoms with Crippen LogP contribution in [0.2, 0.25) is 0 Å². The van der Waals surface area contributed by atoms with E-state index in [2.05, 4.69) is 22.2 Å². The number of aryl methyl sites for hydroxylation is 1. The molecule has 1 aliphatic rings. The number of nitrogens with zero attached hydrogens (tertiary/aromatic N) is 2. The number of rotatable bonds is 8. The Balaban J connectivity index is 1.99. The smallest absolute Gasteiger partial charge is 0.306 e. The predicted octanol–water partition coefficient (Wildman–Crippen LogP) is 2.91. The Morgan fingerprint density at radius 1 is 1.48 bits per heavy atom. The molecule has 1 aromatic rings. The van der Waals surface area contributed by atoms with Crippen LogP contribution in [0.3, 0.4) is 0 Å². The molecule has 0 bridgehead atoms. The first-order valence-electron chi connectivity index (χ1n) is 7.36. The van der Waals surface area contributed by atoms with Gasteiger partial charge in [-0.3, -0.25) is 4.79 Å². The van der Waals surface area contributed by atoms with Crippen molar-refractivity contribution in [2.24, 2.45) is 5.41 Å². The first-order valence-corrected chi connectivity index (χ1v) is 8.35. The fraction of sp³-hybridized carbons (Fsp3) is 0.667. The van der Waals surface area contributed by atoms with Gasteiger partial charge in [-0.25, -0.2) is 9.97 Å². The van der Waals surface area contributed by atoms with Gasteiger partial charge in [-0.2, -0.15) is 0 Å². The van der Waals surface area contributed by atoms with Crippen LogP contribution in [0.15, 0.2) is 11.1 Å². The summed E-state index contributed by atoms with van der Waals surface area (Å²) in [5.41, 5.74) is 0.118. The maximum absolute atomic E-state index is 11.5. The number of ether oxygens (including phenoxy) is 1. The predicted molar refractivity (Wildman–Crippen MR) is 84.6 cm³/mol. The van der Waals surface area contributed by atoms with Crippen molar-refractivity contribution in [2.45, 2.75) is 44.1 Å².